The van der Waals surface area contributed by atoms with Crippen LogP contribution in [-0.4, -0.2) is 55.8 Å². The molecule has 2 saturated heterocycles. The monoisotopic (exact) mass is 601 g/mol. The van der Waals surface area contributed by atoms with Gasteiger partial charge in [0.15, 0.2) is 27.6 Å². The van der Waals surface area contributed by atoms with Crippen LogP contribution >= 0.6 is 23.2 Å². The van der Waals surface area contributed by atoms with E-state index in [1.165, 1.54) is 37.8 Å². The Morgan fingerprint density at radius 2 is 1.90 bits per heavy atom. The zero-order valence-corrected chi connectivity index (χ0v) is 23.6. The molecule has 0 radical (unpaired) electrons. The maximum absolute atomic E-state index is 12.0. The number of rotatable bonds is 7. The van der Waals surface area contributed by atoms with Crippen molar-refractivity contribution in [3.63, 3.8) is 0 Å². The molecular formula is C26H25Cl2N7O4S. The van der Waals surface area contributed by atoms with E-state index in [4.69, 9.17) is 49.6 Å². The van der Waals surface area contributed by atoms with Crippen LogP contribution in [-0.2, 0) is 9.84 Å². The molecular weight excluding hydrogens is 577 g/mol. The summed E-state index contributed by atoms with van der Waals surface area (Å²) in [4.78, 5) is 10.3. The number of nitrogens with two attached hydrogens (primary N) is 2. The minimum Gasteiger partial charge on any atom is -0.493 e. The van der Waals surface area contributed by atoms with Gasteiger partial charge in [0.25, 0.3) is 0 Å². The SMILES string of the molecule is COc1cc(N)c(C(=N)c2cnc(N3CC4(CCS(=O)(=O)C4)C3)c(C#N)c2)cc1O[C@H](N)c1c(Cl)cncc1Cl. The summed E-state index contributed by atoms with van der Waals surface area (Å²) in [6, 6.07) is 6.72. The summed E-state index contributed by atoms with van der Waals surface area (Å²) >= 11 is 12.4. The molecule has 208 valence electrons. The summed E-state index contributed by atoms with van der Waals surface area (Å²) in [7, 11) is -1.58. The van der Waals surface area contributed by atoms with Gasteiger partial charge in [0.05, 0.1) is 39.9 Å². The second kappa shape index (κ2) is 10.4. The molecule has 1 aromatic carbocycles. The van der Waals surface area contributed by atoms with Gasteiger partial charge >= 0.3 is 0 Å². The van der Waals surface area contributed by atoms with Crippen molar-refractivity contribution < 1.29 is 17.9 Å². The molecule has 3 aromatic rings. The highest BCUT2D eigenvalue weighted by Gasteiger charge is 2.51. The molecule has 1 atom stereocenters. The lowest BCUT2D eigenvalue weighted by Crippen LogP contribution is -2.57. The van der Waals surface area contributed by atoms with Gasteiger partial charge in [-0.05, 0) is 18.6 Å². The van der Waals surface area contributed by atoms with Crippen molar-refractivity contribution in [3.05, 3.63) is 69.1 Å². The maximum Gasteiger partial charge on any atom is 0.177 e. The van der Waals surface area contributed by atoms with Crippen LogP contribution in [0.4, 0.5) is 11.5 Å². The van der Waals surface area contributed by atoms with E-state index < -0.39 is 16.1 Å². The number of hydrogen-bond donors (Lipinski definition) is 3. The Hall–Kier alpha value is -3.63. The van der Waals surface area contributed by atoms with E-state index in [-0.39, 0.29) is 55.4 Å². The van der Waals surface area contributed by atoms with Crippen molar-refractivity contribution in [1.82, 2.24) is 9.97 Å². The predicted molar refractivity (Wildman–Crippen MR) is 152 cm³/mol. The van der Waals surface area contributed by atoms with Crippen molar-refractivity contribution in [3.8, 4) is 17.6 Å². The van der Waals surface area contributed by atoms with Gasteiger partial charge < -0.3 is 20.1 Å². The molecule has 11 nitrogen and oxygen atoms in total. The van der Waals surface area contributed by atoms with E-state index in [1.807, 2.05) is 4.90 Å². The maximum atomic E-state index is 12.0. The number of anilines is 2. The van der Waals surface area contributed by atoms with Crippen LogP contribution in [0.1, 0.15) is 34.9 Å². The van der Waals surface area contributed by atoms with Crippen molar-refractivity contribution in [2.75, 3.05) is 42.3 Å². The normalized spacial score (nSPS) is 17.6. The average Bonchev–Trinajstić information content (AvgIpc) is 3.23. The van der Waals surface area contributed by atoms with Crippen LogP contribution < -0.4 is 25.8 Å². The summed E-state index contributed by atoms with van der Waals surface area (Å²) in [6.07, 6.45) is 3.81. The van der Waals surface area contributed by atoms with Crippen LogP contribution in [0.25, 0.3) is 0 Å². The summed E-state index contributed by atoms with van der Waals surface area (Å²) in [5.41, 5.74) is 13.7. The third kappa shape index (κ3) is 5.13. The fraction of sp³-hybridized carbons (Fsp3) is 0.308. The molecule has 0 bridgehead atoms. The van der Waals surface area contributed by atoms with E-state index in [1.54, 1.807) is 6.07 Å². The van der Waals surface area contributed by atoms with E-state index in [0.717, 1.165) is 0 Å². The first kappa shape index (κ1) is 27.9. The molecule has 0 amide bonds. The molecule has 0 saturated carbocycles. The van der Waals surface area contributed by atoms with Crippen LogP contribution in [0.3, 0.4) is 0 Å². The highest BCUT2D eigenvalue weighted by atomic mass is 35.5. The number of halogens is 2. The molecule has 1 spiro atoms. The Morgan fingerprint density at radius 3 is 2.50 bits per heavy atom. The molecule has 0 unspecified atom stereocenters. The number of aromatic nitrogens is 2. The van der Waals surface area contributed by atoms with E-state index in [0.29, 0.717) is 42.0 Å². The topological polar surface area (TPSA) is 181 Å². The Morgan fingerprint density at radius 1 is 1.20 bits per heavy atom. The van der Waals surface area contributed by atoms with Gasteiger partial charge in [-0.15, -0.1) is 0 Å². The number of methoxy groups -OCH3 is 1. The molecule has 0 aliphatic carbocycles. The molecule has 4 heterocycles. The zero-order valence-electron chi connectivity index (χ0n) is 21.3. The Kier molecular flexibility index (Phi) is 7.26. The molecule has 40 heavy (non-hydrogen) atoms. The van der Waals surface area contributed by atoms with Crippen LogP contribution in [0.5, 0.6) is 11.5 Å². The fourth-order valence-electron chi connectivity index (χ4n) is 5.16. The number of nitrogen functional groups attached to an aromatic ring is 1. The lowest BCUT2D eigenvalue weighted by Gasteiger charge is -2.48. The molecule has 14 heteroatoms. The van der Waals surface area contributed by atoms with Crippen LogP contribution in [0.15, 0.2) is 36.8 Å². The second-order valence-electron chi connectivity index (χ2n) is 9.93. The minimum absolute atomic E-state index is 0.00364. The smallest absolute Gasteiger partial charge is 0.177 e. The van der Waals surface area contributed by atoms with E-state index in [9.17, 15) is 13.7 Å². The van der Waals surface area contributed by atoms with E-state index in [2.05, 4.69) is 16.0 Å². The Labute approximate surface area is 241 Å². The highest BCUT2D eigenvalue weighted by Crippen LogP contribution is 2.43. The van der Waals surface area contributed by atoms with Crippen LogP contribution in [0, 0.1) is 22.2 Å². The Balaban J connectivity index is 1.41. The lowest BCUT2D eigenvalue weighted by atomic mass is 9.79. The van der Waals surface area contributed by atoms with E-state index >= 15 is 0 Å². The third-order valence-electron chi connectivity index (χ3n) is 7.13. The summed E-state index contributed by atoms with van der Waals surface area (Å²) in [5, 5.41) is 19.1. The molecule has 5 rings (SSSR count). The molecule has 2 aliphatic rings. The van der Waals surface area contributed by atoms with Gasteiger partial charge in [0.2, 0.25) is 0 Å². The summed E-state index contributed by atoms with van der Waals surface area (Å²) in [6.45, 7) is 1.03. The van der Waals surface area contributed by atoms with Crippen molar-refractivity contribution >= 4 is 50.3 Å². The number of nitrogens with one attached hydrogen (secondary N) is 1. The average molecular weight is 603 g/mol. The number of hydrogen-bond acceptors (Lipinski definition) is 11. The van der Waals surface area contributed by atoms with Gasteiger partial charge in [-0.2, -0.15) is 5.26 Å². The number of benzene rings is 1. The number of ether oxygens (including phenoxy) is 2. The third-order valence-corrected chi connectivity index (χ3v) is 9.61. The van der Waals surface area contributed by atoms with Gasteiger partial charge in [0, 0.05) is 65.5 Å². The first-order chi connectivity index (χ1) is 19.0. The quantitative estimate of drug-likeness (QED) is 0.206. The largest absolute Gasteiger partial charge is 0.493 e. The summed E-state index contributed by atoms with van der Waals surface area (Å²) < 4.78 is 35.2. The first-order valence-electron chi connectivity index (χ1n) is 12.1. The highest BCUT2D eigenvalue weighted by molar-refractivity contribution is 7.91. The Bertz CT molecular complexity index is 1650. The van der Waals surface area contributed by atoms with Crippen LogP contribution in [0.2, 0.25) is 10.0 Å². The van der Waals surface area contributed by atoms with Crippen molar-refractivity contribution in [1.29, 1.82) is 10.7 Å². The lowest BCUT2D eigenvalue weighted by molar-refractivity contribution is 0.204. The zero-order chi connectivity index (χ0) is 28.8. The van der Waals surface area contributed by atoms with Gasteiger partial charge in [0.1, 0.15) is 11.9 Å². The standard InChI is InChI=1S/C26H25Cl2N7O4S/c1-38-20-6-19(30)16(5-21(20)39-24(32)22-17(27)9-33-10-18(22)28)23(31)15-4-14(7-29)25(34-8-15)35-11-26(12-35)2-3-40(36,37)13-26/h4-6,8-10,24,31H,2-3,11-13,30,32H2,1H3/t24-/m0/s1. The van der Waals surface area contributed by atoms with Gasteiger partial charge in [-0.25, -0.2) is 13.4 Å². The number of pyridine rings is 2. The fourth-order valence-corrected chi connectivity index (χ4v) is 7.89. The number of nitriles is 1. The number of sulfone groups is 1. The molecule has 2 fully saturated rings. The predicted octanol–water partition coefficient (Wildman–Crippen LogP) is 3.32. The molecule has 2 aliphatic heterocycles. The second-order valence-corrected chi connectivity index (χ2v) is 12.9. The first-order valence-corrected chi connectivity index (χ1v) is 14.7. The molecule has 5 N–H and O–H groups in total. The minimum atomic E-state index is -3.02. The van der Waals surface area contributed by atoms with Gasteiger partial charge in [-0.1, -0.05) is 23.2 Å². The van der Waals surface area contributed by atoms with Gasteiger partial charge in [-0.3, -0.25) is 16.1 Å². The summed E-state index contributed by atoms with van der Waals surface area (Å²) in [5.74, 6) is 1.27. The van der Waals surface area contributed by atoms with Crippen molar-refractivity contribution in [2.24, 2.45) is 11.1 Å². The van der Waals surface area contributed by atoms with Crippen molar-refractivity contribution in [2.45, 2.75) is 12.6 Å². The number of nitrogens with zero attached hydrogens (tertiary/aromatic N) is 4. The molecule has 2 aromatic heterocycles.